The molecular weight excluding hydrogens is 296 g/mol. The summed E-state index contributed by atoms with van der Waals surface area (Å²) in [5.41, 5.74) is 1.13. The van der Waals surface area contributed by atoms with Gasteiger partial charge in [0.05, 0.1) is 12.5 Å². The summed E-state index contributed by atoms with van der Waals surface area (Å²) in [6.45, 7) is 6.65. The summed E-state index contributed by atoms with van der Waals surface area (Å²) >= 11 is 0. The molecule has 0 aliphatic rings. The number of carbonyl (C=O) groups is 2. The Morgan fingerprint density at radius 3 is 2.52 bits per heavy atom. The standard InChI is InChI=1S/C17H26N2O4/c1-12(2)14-7-5-6-8-15(14)23-10-9-18-17(22)19(4)11-13(3)16(20)21/h5-8,12-13H,9-11H2,1-4H3,(H,18,22)(H,20,21). The van der Waals surface area contributed by atoms with Crippen LogP contribution in [-0.2, 0) is 4.79 Å². The Labute approximate surface area is 137 Å². The molecule has 0 saturated carbocycles. The number of nitrogens with zero attached hydrogens (tertiary/aromatic N) is 1. The summed E-state index contributed by atoms with van der Waals surface area (Å²) in [5, 5.41) is 11.6. The summed E-state index contributed by atoms with van der Waals surface area (Å²) in [4.78, 5) is 24.0. The van der Waals surface area contributed by atoms with Crippen LogP contribution in [0.4, 0.5) is 4.79 Å². The number of para-hydroxylation sites is 1. The van der Waals surface area contributed by atoms with E-state index in [1.54, 1.807) is 14.0 Å². The SMILES string of the molecule is CC(CN(C)C(=O)NCCOc1ccccc1C(C)C)C(=O)O. The first-order valence-corrected chi connectivity index (χ1v) is 7.76. The van der Waals surface area contributed by atoms with Gasteiger partial charge in [-0.05, 0) is 17.5 Å². The molecule has 0 bridgehead atoms. The van der Waals surface area contributed by atoms with E-state index in [2.05, 4.69) is 19.2 Å². The molecule has 0 fully saturated rings. The van der Waals surface area contributed by atoms with Crippen molar-refractivity contribution in [3.05, 3.63) is 29.8 Å². The number of hydrogen-bond donors (Lipinski definition) is 2. The van der Waals surface area contributed by atoms with Gasteiger partial charge in [0.2, 0.25) is 0 Å². The molecule has 0 spiro atoms. The maximum Gasteiger partial charge on any atom is 0.317 e. The zero-order valence-corrected chi connectivity index (χ0v) is 14.2. The van der Waals surface area contributed by atoms with Gasteiger partial charge in [-0.1, -0.05) is 39.0 Å². The molecule has 0 aliphatic heterocycles. The zero-order valence-electron chi connectivity index (χ0n) is 14.2. The lowest BCUT2D eigenvalue weighted by molar-refractivity contribution is -0.141. The Balaban J connectivity index is 2.37. The highest BCUT2D eigenvalue weighted by atomic mass is 16.5. The van der Waals surface area contributed by atoms with Crippen LogP contribution in [0, 0.1) is 5.92 Å². The fourth-order valence-electron chi connectivity index (χ4n) is 2.11. The van der Waals surface area contributed by atoms with Crippen LogP contribution in [0.3, 0.4) is 0 Å². The van der Waals surface area contributed by atoms with Crippen LogP contribution in [0.25, 0.3) is 0 Å². The Morgan fingerprint density at radius 1 is 1.26 bits per heavy atom. The molecule has 0 radical (unpaired) electrons. The van der Waals surface area contributed by atoms with Crippen molar-refractivity contribution in [2.75, 3.05) is 26.7 Å². The topological polar surface area (TPSA) is 78.9 Å². The third-order valence-electron chi connectivity index (χ3n) is 3.49. The average molecular weight is 322 g/mol. The van der Waals surface area contributed by atoms with Crippen molar-refractivity contribution in [2.45, 2.75) is 26.7 Å². The van der Waals surface area contributed by atoms with E-state index in [9.17, 15) is 9.59 Å². The van der Waals surface area contributed by atoms with Gasteiger partial charge in [-0.25, -0.2) is 4.79 Å². The number of rotatable bonds is 8. The summed E-state index contributed by atoms with van der Waals surface area (Å²) in [5.74, 6) is -0.327. The fourth-order valence-corrected chi connectivity index (χ4v) is 2.11. The molecule has 1 rings (SSSR count). The molecule has 6 nitrogen and oxygen atoms in total. The number of carboxylic acid groups (broad SMARTS) is 1. The van der Waals surface area contributed by atoms with E-state index in [1.807, 2.05) is 24.3 Å². The highest BCUT2D eigenvalue weighted by Gasteiger charge is 2.17. The molecule has 6 heteroatoms. The highest BCUT2D eigenvalue weighted by molar-refractivity contribution is 5.75. The van der Waals surface area contributed by atoms with Crippen molar-refractivity contribution in [3.63, 3.8) is 0 Å². The largest absolute Gasteiger partial charge is 0.491 e. The van der Waals surface area contributed by atoms with Crippen molar-refractivity contribution in [1.29, 1.82) is 0 Å². The Kier molecular flexibility index (Phi) is 7.38. The number of urea groups is 1. The van der Waals surface area contributed by atoms with Gasteiger partial charge >= 0.3 is 12.0 Å². The van der Waals surface area contributed by atoms with Gasteiger partial charge in [-0.15, -0.1) is 0 Å². The van der Waals surface area contributed by atoms with Gasteiger partial charge in [-0.3, -0.25) is 4.79 Å². The molecule has 2 N–H and O–H groups in total. The number of benzene rings is 1. The highest BCUT2D eigenvalue weighted by Crippen LogP contribution is 2.25. The Hall–Kier alpha value is -2.24. The van der Waals surface area contributed by atoms with Crippen molar-refractivity contribution < 1.29 is 19.4 Å². The lowest BCUT2D eigenvalue weighted by Crippen LogP contribution is -2.42. The van der Waals surface area contributed by atoms with E-state index in [0.29, 0.717) is 19.1 Å². The number of carbonyl (C=O) groups excluding carboxylic acids is 1. The number of ether oxygens (including phenoxy) is 1. The van der Waals surface area contributed by atoms with Crippen LogP contribution in [0.5, 0.6) is 5.75 Å². The van der Waals surface area contributed by atoms with Crippen LogP contribution in [0.15, 0.2) is 24.3 Å². The zero-order chi connectivity index (χ0) is 17.4. The molecule has 128 valence electrons. The van der Waals surface area contributed by atoms with Crippen LogP contribution in [0.1, 0.15) is 32.3 Å². The summed E-state index contributed by atoms with van der Waals surface area (Å²) in [6, 6.07) is 7.53. The number of amides is 2. The molecule has 23 heavy (non-hydrogen) atoms. The molecule has 2 amide bonds. The van der Waals surface area contributed by atoms with Gasteiger partial charge in [-0.2, -0.15) is 0 Å². The molecule has 1 unspecified atom stereocenters. The first-order chi connectivity index (χ1) is 10.8. The second kappa shape index (κ2) is 9.02. The van der Waals surface area contributed by atoms with Gasteiger partial charge in [0.15, 0.2) is 0 Å². The lowest BCUT2D eigenvalue weighted by Gasteiger charge is -2.20. The predicted molar refractivity (Wildman–Crippen MR) is 88.9 cm³/mol. The molecule has 0 aliphatic carbocycles. The van der Waals surface area contributed by atoms with E-state index in [-0.39, 0.29) is 12.6 Å². The summed E-state index contributed by atoms with van der Waals surface area (Å²) in [7, 11) is 1.57. The minimum atomic E-state index is -0.918. The number of aliphatic carboxylic acids is 1. The van der Waals surface area contributed by atoms with Gasteiger partial charge < -0.3 is 20.1 Å². The Morgan fingerprint density at radius 2 is 1.91 bits per heavy atom. The monoisotopic (exact) mass is 322 g/mol. The normalized spacial score (nSPS) is 11.9. The minimum Gasteiger partial charge on any atom is -0.491 e. The van der Waals surface area contributed by atoms with Crippen LogP contribution < -0.4 is 10.1 Å². The van der Waals surface area contributed by atoms with Crippen molar-refractivity contribution in [1.82, 2.24) is 10.2 Å². The van der Waals surface area contributed by atoms with E-state index >= 15 is 0 Å². The van der Waals surface area contributed by atoms with Crippen molar-refractivity contribution in [3.8, 4) is 5.75 Å². The van der Waals surface area contributed by atoms with Gasteiger partial charge in [0.25, 0.3) is 0 Å². The van der Waals surface area contributed by atoms with Gasteiger partial charge in [0.1, 0.15) is 12.4 Å². The molecule has 0 heterocycles. The molecule has 0 saturated heterocycles. The quantitative estimate of drug-likeness (QED) is 0.721. The second-order valence-electron chi connectivity index (χ2n) is 5.89. The number of carboxylic acids is 1. The minimum absolute atomic E-state index is 0.165. The fraction of sp³-hybridized carbons (Fsp3) is 0.529. The Bertz CT molecular complexity index is 531. The maximum atomic E-state index is 11.9. The van der Waals surface area contributed by atoms with Crippen molar-refractivity contribution in [2.24, 2.45) is 5.92 Å². The predicted octanol–water partition coefficient (Wildman–Crippen LogP) is 2.55. The van der Waals surface area contributed by atoms with E-state index in [0.717, 1.165) is 11.3 Å². The van der Waals surface area contributed by atoms with Crippen molar-refractivity contribution >= 4 is 12.0 Å². The first kappa shape index (κ1) is 18.8. The molecule has 1 atom stereocenters. The lowest BCUT2D eigenvalue weighted by atomic mass is 10.0. The summed E-state index contributed by atoms with van der Waals surface area (Å²) < 4.78 is 5.72. The maximum absolute atomic E-state index is 11.9. The molecule has 1 aromatic carbocycles. The van der Waals surface area contributed by atoms with E-state index in [1.165, 1.54) is 4.90 Å². The van der Waals surface area contributed by atoms with Crippen LogP contribution in [-0.4, -0.2) is 48.8 Å². The average Bonchev–Trinajstić information content (AvgIpc) is 2.51. The third-order valence-corrected chi connectivity index (χ3v) is 3.49. The van der Waals surface area contributed by atoms with Gasteiger partial charge in [0, 0.05) is 13.6 Å². The van der Waals surface area contributed by atoms with E-state index in [4.69, 9.17) is 9.84 Å². The second-order valence-corrected chi connectivity index (χ2v) is 5.89. The first-order valence-electron chi connectivity index (χ1n) is 7.76. The molecule has 0 aromatic heterocycles. The molecule has 1 aromatic rings. The number of hydrogen-bond acceptors (Lipinski definition) is 3. The smallest absolute Gasteiger partial charge is 0.317 e. The number of nitrogens with one attached hydrogen (secondary N) is 1. The third kappa shape index (κ3) is 6.18. The molecular formula is C17H26N2O4. The summed E-state index contributed by atoms with van der Waals surface area (Å²) in [6.07, 6.45) is 0. The van der Waals surface area contributed by atoms with Crippen LogP contribution >= 0.6 is 0 Å². The van der Waals surface area contributed by atoms with E-state index < -0.39 is 11.9 Å². The van der Waals surface area contributed by atoms with Crippen LogP contribution in [0.2, 0.25) is 0 Å².